The van der Waals surface area contributed by atoms with Crippen molar-refractivity contribution in [1.29, 1.82) is 0 Å². The van der Waals surface area contributed by atoms with Crippen molar-refractivity contribution in [2.45, 2.75) is 27.7 Å². The quantitative estimate of drug-likeness (QED) is 0.415. The molecule has 0 fully saturated rings. The fraction of sp³-hybridized carbons (Fsp3) is 0.667. The Kier molecular flexibility index (Phi) is 1.69. The summed E-state index contributed by atoms with van der Waals surface area (Å²) in [6.07, 6.45) is 4.55. The van der Waals surface area contributed by atoms with Gasteiger partial charge in [-0.05, 0) is 0 Å². The van der Waals surface area contributed by atoms with Gasteiger partial charge in [-0.3, -0.25) is 0 Å². The Morgan fingerprint density at radius 2 is 1.30 bits per heavy atom. The average Bonchev–Trinajstić information content (AvgIpc) is 1.95. The van der Waals surface area contributed by atoms with Crippen LogP contribution >= 0.6 is 0 Å². The van der Waals surface area contributed by atoms with Gasteiger partial charge in [0.1, 0.15) is 0 Å². The molecular formula is C9H14Se. The van der Waals surface area contributed by atoms with Crippen molar-refractivity contribution in [3.63, 3.8) is 0 Å². The maximum absolute atomic E-state index is 3.17. The van der Waals surface area contributed by atoms with Crippen molar-refractivity contribution in [2.24, 2.45) is 10.8 Å². The Morgan fingerprint density at radius 3 is 1.40 bits per heavy atom. The molecule has 0 nitrogen and oxygen atoms in total. The van der Waals surface area contributed by atoms with Crippen LogP contribution in [0.4, 0.5) is 0 Å². The third-order valence-electron chi connectivity index (χ3n) is 2.09. The third kappa shape index (κ3) is 1.13. The number of hydrogen-bond donors (Lipinski definition) is 0. The minimum absolute atomic E-state index is 0.267. The molecule has 0 aliphatic heterocycles. The molecule has 1 heteroatoms. The molecule has 0 unspecified atom stereocenters. The molecule has 0 saturated carbocycles. The van der Waals surface area contributed by atoms with Crippen molar-refractivity contribution < 1.29 is 0 Å². The summed E-state index contributed by atoms with van der Waals surface area (Å²) < 4.78 is 1.44. The van der Waals surface area contributed by atoms with Crippen LogP contribution in [0.2, 0.25) is 0 Å². The van der Waals surface area contributed by atoms with Gasteiger partial charge in [0.05, 0.1) is 0 Å². The van der Waals surface area contributed by atoms with Crippen molar-refractivity contribution in [3.8, 4) is 0 Å². The van der Waals surface area contributed by atoms with E-state index in [0.29, 0.717) is 0 Å². The zero-order valence-corrected chi connectivity index (χ0v) is 8.78. The summed E-state index contributed by atoms with van der Waals surface area (Å²) in [5.41, 5.74) is 0.535. The Balaban J connectivity index is 3.00. The SMILES string of the molecule is CC1(C)C=CC(C)(C)C1=[Se]. The number of rotatable bonds is 0. The molecule has 0 N–H and O–H groups in total. The van der Waals surface area contributed by atoms with Crippen LogP contribution < -0.4 is 0 Å². The zero-order valence-electron chi connectivity index (χ0n) is 7.06. The summed E-state index contributed by atoms with van der Waals surface area (Å²) in [6.45, 7) is 8.96. The zero-order chi connectivity index (χ0) is 7.99. The standard InChI is InChI=1S/C9H14Se/c1-8(2)5-6-9(3,4)7(8)10/h5-6H,1-4H3. The molecule has 0 saturated heterocycles. The third-order valence-corrected chi connectivity index (χ3v) is 4.29. The molecule has 1 aliphatic carbocycles. The van der Waals surface area contributed by atoms with E-state index in [1.165, 1.54) is 4.42 Å². The summed E-state index contributed by atoms with van der Waals surface area (Å²) in [7, 11) is 0. The van der Waals surface area contributed by atoms with Gasteiger partial charge in [-0.25, -0.2) is 0 Å². The Hall–Kier alpha value is 0.129. The normalized spacial score (nSPS) is 27.4. The molecule has 0 spiro atoms. The second kappa shape index (κ2) is 2.06. The van der Waals surface area contributed by atoms with Crippen LogP contribution in [0.3, 0.4) is 0 Å². The molecule has 0 aromatic carbocycles. The maximum atomic E-state index is 3.17. The predicted octanol–water partition coefficient (Wildman–Crippen LogP) is 1.95. The summed E-state index contributed by atoms with van der Waals surface area (Å²) >= 11 is 3.17. The molecule has 0 radical (unpaired) electrons. The van der Waals surface area contributed by atoms with Gasteiger partial charge in [-0.1, -0.05) is 0 Å². The monoisotopic (exact) mass is 202 g/mol. The van der Waals surface area contributed by atoms with E-state index in [2.05, 4.69) is 55.4 Å². The molecule has 0 aromatic heterocycles. The van der Waals surface area contributed by atoms with Crippen molar-refractivity contribution in [1.82, 2.24) is 0 Å². The first-order valence-corrected chi connectivity index (χ1v) is 4.47. The van der Waals surface area contributed by atoms with E-state index < -0.39 is 0 Å². The van der Waals surface area contributed by atoms with Gasteiger partial charge in [0.2, 0.25) is 0 Å². The van der Waals surface area contributed by atoms with E-state index in [-0.39, 0.29) is 10.8 Å². The van der Waals surface area contributed by atoms with Crippen LogP contribution in [0, 0.1) is 10.8 Å². The molecule has 0 aromatic rings. The fourth-order valence-corrected chi connectivity index (χ4v) is 1.68. The molecule has 0 amide bonds. The second-order valence-corrected chi connectivity index (χ2v) is 4.96. The van der Waals surface area contributed by atoms with Crippen LogP contribution in [0.5, 0.6) is 0 Å². The molecular weight excluding hydrogens is 187 g/mol. The Bertz CT molecular complexity index is 177. The van der Waals surface area contributed by atoms with Crippen LogP contribution in [-0.2, 0) is 0 Å². The first-order chi connectivity index (χ1) is 4.36. The van der Waals surface area contributed by atoms with Gasteiger partial charge in [-0.15, -0.1) is 0 Å². The van der Waals surface area contributed by atoms with Gasteiger partial charge < -0.3 is 0 Å². The number of hydrogen-bond acceptors (Lipinski definition) is 0. The van der Waals surface area contributed by atoms with E-state index >= 15 is 0 Å². The van der Waals surface area contributed by atoms with E-state index in [0.717, 1.165) is 0 Å². The fourth-order valence-electron chi connectivity index (χ4n) is 1.40. The first-order valence-electron chi connectivity index (χ1n) is 3.61. The Morgan fingerprint density at radius 1 is 1.00 bits per heavy atom. The molecule has 0 atom stereocenters. The van der Waals surface area contributed by atoms with Crippen LogP contribution in [0.1, 0.15) is 27.7 Å². The minimum atomic E-state index is 0.267. The van der Waals surface area contributed by atoms with Gasteiger partial charge >= 0.3 is 70.7 Å². The van der Waals surface area contributed by atoms with Crippen LogP contribution in [0.15, 0.2) is 12.2 Å². The molecule has 1 aliphatic rings. The van der Waals surface area contributed by atoms with Gasteiger partial charge in [0, 0.05) is 0 Å². The molecule has 56 valence electrons. The average molecular weight is 201 g/mol. The molecule has 1 rings (SSSR count). The summed E-state index contributed by atoms with van der Waals surface area (Å²) in [6, 6.07) is 0. The molecule has 0 heterocycles. The first kappa shape index (κ1) is 8.23. The van der Waals surface area contributed by atoms with E-state index in [1.54, 1.807) is 0 Å². The van der Waals surface area contributed by atoms with E-state index in [1.807, 2.05) is 0 Å². The van der Waals surface area contributed by atoms with Gasteiger partial charge in [0.25, 0.3) is 0 Å². The van der Waals surface area contributed by atoms with Gasteiger partial charge in [-0.2, -0.15) is 0 Å². The Labute approximate surface area is 71.1 Å². The summed E-state index contributed by atoms with van der Waals surface area (Å²) in [5.74, 6) is 0. The van der Waals surface area contributed by atoms with Crippen molar-refractivity contribution in [3.05, 3.63) is 12.2 Å². The van der Waals surface area contributed by atoms with Gasteiger partial charge in [0.15, 0.2) is 0 Å². The predicted molar refractivity (Wildman–Crippen MR) is 47.5 cm³/mol. The van der Waals surface area contributed by atoms with E-state index in [9.17, 15) is 0 Å². The van der Waals surface area contributed by atoms with Crippen LogP contribution in [-0.4, -0.2) is 20.0 Å². The van der Waals surface area contributed by atoms with Crippen LogP contribution in [0.25, 0.3) is 0 Å². The molecule has 0 bridgehead atoms. The van der Waals surface area contributed by atoms with E-state index in [4.69, 9.17) is 0 Å². The summed E-state index contributed by atoms with van der Waals surface area (Å²) in [5, 5.41) is 0. The summed E-state index contributed by atoms with van der Waals surface area (Å²) in [4.78, 5) is 0. The van der Waals surface area contributed by atoms with Crippen molar-refractivity contribution in [2.75, 3.05) is 0 Å². The second-order valence-electron chi connectivity index (χ2n) is 4.11. The number of allylic oxidation sites excluding steroid dienone is 2. The van der Waals surface area contributed by atoms with Crippen molar-refractivity contribution >= 4 is 20.0 Å². The topological polar surface area (TPSA) is 0 Å². The molecule has 10 heavy (non-hydrogen) atoms.